The van der Waals surface area contributed by atoms with E-state index in [1.165, 1.54) is 41.3 Å². The minimum absolute atomic E-state index is 0.104. The summed E-state index contributed by atoms with van der Waals surface area (Å²) >= 11 is 1.23. The van der Waals surface area contributed by atoms with E-state index in [0.29, 0.717) is 23.9 Å². The highest BCUT2D eigenvalue weighted by atomic mass is 32.2. The van der Waals surface area contributed by atoms with Gasteiger partial charge in [-0.1, -0.05) is 6.42 Å². The highest BCUT2D eigenvalue weighted by molar-refractivity contribution is 7.89. The largest absolute Gasteiger partial charge is 0.349 e. The Labute approximate surface area is 153 Å². The standard InChI is InChI=1S/C18H26N2O3S2/c1-12(15-11-13-4-5-14(15)10-13)19-18(21)17-16(6-9-24-17)25(22,23)20-7-2-3-8-20/h6,9,12-15H,2-5,7-8,10-11H2,1H3,(H,19,21). The molecule has 7 heteroatoms. The van der Waals surface area contributed by atoms with Crippen LogP contribution in [0.25, 0.3) is 0 Å². The molecule has 0 aromatic carbocycles. The van der Waals surface area contributed by atoms with E-state index in [2.05, 4.69) is 12.2 Å². The second kappa shape index (κ2) is 6.67. The van der Waals surface area contributed by atoms with E-state index in [-0.39, 0.29) is 16.8 Å². The van der Waals surface area contributed by atoms with Gasteiger partial charge in [-0.15, -0.1) is 11.3 Å². The van der Waals surface area contributed by atoms with Crippen LogP contribution in [-0.2, 0) is 10.0 Å². The van der Waals surface area contributed by atoms with Crippen LogP contribution in [-0.4, -0.2) is 37.8 Å². The molecule has 4 atom stereocenters. The Morgan fingerprint density at radius 2 is 2.04 bits per heavy atom. The molecule has 2 bridgehead atoms. The molecule has 5 nitrogen and oxygen atoms in total. The molecule has 1 saturated heterocycles. The molecule has 1 aromatic heterocycles. The Balaban J connectivity index is 1.49. The number of sulfonamides is 1. The summed E-state index contributed by atoms with van der Waals surface area (Å²) in [5, 5.41) is 4.81. The number of hydrogen-bond acceptors (Lipinski definition) is 4. The van der Waals surface area contributed by atoms with Gasteiger partial charge in [-0.25, -0.2) is 8.42 Å². The van der Waals surface area contributed by atoms with Gasteiger partial charge in [0.25, 0.3) is 5.91 Å². The Hall–Kier alpha value is -0.920. The van der Waals surface area contributed by atoms with Gasteiger partial charge >= 0.3 is 0 Å². The molecule has 1 N–H and O–H groups in total. The van der Waals surface area contributed by atoms with Gasteiger partial charge in [-0.05, 0) is 68.2 Å². The number of carbonyl (C=O) groups is 1. The van der Waals surface area contributed by atoms with Gasteiger partial charge in [0.1, 0.15) is 9.77 Å². The molecule has 3 aliphatic rings. The lowest BCUT2D eigenvalue weighted by Crippen LogP contribution is -2.40. The first-order valence-corrected chi connectivity index (χ1v) is 11.7. The molecule has 2 aliphatic carbocycles. The summed E-state index contributed by atoms with van der Waals surface area (Å²) in [5.74, 6) is 1.88. The smallest absolute Gasteiger partial charge is 0.262 e. The van der Waals surface area contributed by atoms with Crippen molar-refractivity contribution in [2.45, 2.75) is 56.4 Å². The van der Waals surface area contributed by atoms with Crippen molar-refractivity contribution in [2.24, 2.45) is 17.8 Å². The second-order valence-corrected chi connectivity index (χ2v) is 10.6. The monoisotopic (exact) mass is 382 g/mol. The molecule has 2 heterocycles. The van der Waals surface area contributed by atoms with Gasteiger partial charge in [0, 0.05) is 19.1 Å². The fraction of sp³-hybridized carbons (Fsp3) is 0.722. The predicted molar refractivity (Wildman–Crippen MR) is 98.2 cm³/mol. The molecule has 138 valence electrons. The number of amides is 1. The minimum atomic E-state index is -3.55. The maximum Gasteiger partial charge on any atom is 0.262 e. The fourth-order valence-electron chi connectivity index (χ4n) is 5.02. The first kappa shape index (κ1) is 17.5. The van der Waals surface area contributed by atoms with Crippen LogP contribution in [0.15, 0.2) is 16.3 Å². The summed E-state index contributed by atoms with van der Waals surface area (Å²) in [7, 11) is -3.55. The lowest BCUT2D eigenvalue weighted by molar-refractivity contribution is 0.0916. The van der Waals surface area contributed by atoms with Crippen LogP contribution >= 0.6 is 11.3 Å². The molecule has 4 rings (SSSR count). The first-order valence-electron chi connectivity index (χ1n) is 9.35. The van der Waals surface area contributed by atoms with Crippen molar-refractivity contribution < 1.29 is 13.2 Å². The van der Waals surface area contributed by atoms with Gasteiger partial charge in [-0.2, -0.15) is 4.31 Å². The maximum absolute atomic E-state index is 12.8. The van der Waals surface area contributed by atoms with E-state index >= 15 is 0 Å². The van der Waals surface area contributed by atoms with Crippen molar-refractivity contribution in [1.29, 1.82) is 0 Å². The molecule has 1 aromatic rings. The topological polar surface area (TPSA) is 66.5 Å². The van der Waals surface area contributed by atoms with Crippen molar-refractivity contribution in [1.82, 2.24) is 9.62 Å². The zero-order valence-corrected chi connectivity index (χ0v) is 16.2. The van der Waals surface area contributed by atoms with Crippen molar-refractivity contribution in [2.75, 3.05) is 13.1 Å². The van der Waals surface area contributed by atoms with E-state index in [4.69, 9.17) is 0 Å². The summed E-state index contributed by atoms with van der Waals surface area (Å²) in [6.07, 6.45) is 6.92. The summed E-state index contributed by atoms with van der Waals surface area (Å²) < 4.78 is 27.1. The Bertz CT molecular complexity index is 752. The SMILES string of the molecule is CC(NC(=O)c1sccc1S(=O)(=O)N1CCCC1)C1CC2CCC1C2. The zero-order chi connectivity index (χ0) is 17.6. The fourth-order valence-corrected chi connectivity index (χ4v) is 7.84. The van der Waals surface area contributed by atoms with E-state index in [1.807, 2.05) is 0 Å². The van der Waals surface area contributed by atoms with Crippen LogP contribution in [0.3, 0.4) is 0 Å². The number of nitrogens with zero attached hydrogens (tertiary/aromatic N) is 1. The van der Waals surface area contributed by atoms with Crippen molar-refractivity contribution >= 4 is 27.3 Å². The number of fused-ring (bicyclic) bond motifs is 2. The third-order valence-corrected chi connectivity index (χ3v) is 9.30. The molecule has 0 spiro atoms. The Morgan fingerprint density at radius 1 is 1.28 bits per heavy atom. The van der Waals surface area contributed by atoms with Crippen LogP contribution in [0.2, 0.25) is 0 Å². The highest BCUT2D eigenvalue weighted by Crippen LogP contribution is 2.49. The van der Waals surface area contributed by atoms with Crippen LogP contribution < -0.4 is 5.32 Å². The van der Waals surface area contributed by atoms with E-state index in [1.54, 1.807) is 11.4 Å². The van der Waals surface area contributed by atoms with Gasteiger partial charge in [0.2, 0.25) is 10.0 Å². The normalized spacial score (nSPS) is 30.7. The summed E-state index contributed by atoms with van der Waals surface area (Å²) in [5.41, 5.74) is 0. The lowest BCUT2D eigenvalue weighted by Gasteiger charge is -2.28. The van der Waals surface area contributed by atoms with Crippen LogP contribution in [0.1, 0.15) is 55.1 Å². The Kier molecular flexibility index (Phi) is 4.67. The average molecular weight is 383 g/mol. The molecule has 1 aliphatic heterocycles. The molecule has 2 saturated carbocycles. The lowest BCUT2D eigenvalue weighted by atomic mass is 9.84. The molecule has 3 fully saturated rings. The minimum Gasteiger partial charge on any atom is -0.349 e. The molecule has 4 unspecified atom stereocenters. The Morgan fingerprint density at radius 3 is 2.68 bits per heavy atom. The summed E-state index contributed by atoms with van der Waals surface area (Å²) in [6, 6.07) is 1.68. The molecular weight excluding hydrogens is 356 g/mol. The molecular formula is C18H26N2O3S2. The molecule has 0 radical (unpaired) electrons. The number of thiophene rings is 1. The van der Waals surface area contributed by atoms with Crippen LogP contribution in [0.5, 0.6) is 0 Å². The van der Waals surface area contributed by atoms with Gasteiger partial charge in [-0.3, -0.25) is 4.79 Å². The second-order valence-electron chi connectivity index (χ2n) is 7.83. The quantitative estimate of drug-likeness (QED) is 0.851. The zero-order valence-electron chi connectivity index (χ0n) is 14.6. The third kappa shape index (κ3) is 3.15. The van der Waals surface area contributed by atoms with Crippen molar-refractivity contribution in [3.8, 4) is 0 Å². The number of rotatable bonds is 5. The van der Waals surface area contributed by atoms with Crippen LogP contribution in [0.4, 0.5) is 0 Å². The summed E-state index contributed by atoms with van der Waals surface area (Å²) in [4.78, 5) is 13.3. The molecule has 1 amide bonds. The van der Waals surface area contributed by atoms with Gasteiger partial charge in [0.15, 0.2) is 0 Å². The van der Waals surface area contributed by atoms with E-state index < -0.39 is 10.0 Å². The van der Waals surface area contributed by atoms with Crippen LogP contribution in [0, 0.1) is 17.8 Å². The average Bonchev–Trinajstić information content (AvgIpc) is 3.39. The third-order valence-electron chi connectivity index (χ3n) is 6.31. The van der Waals surface area contributed by atoms with Crippen molar-refractivity contribution in [3.63, 3.8) is 0 Å². The first-order chi connectivity index (χ1) is 12.0. The van der Waals surface area contributed by atoms with Gasteiger partial charge in [0.05, 0.1) is 0 Å². The predicted octanol–water partition coefficient (Wildman–Crippen LogP) is 3.09. The number of carbonyl (C=O) groups excluding carboxylic acids is 1. The number of nitrogens with one attached hydrogen (secondary N) is 1. The van der Waals surface area contributed by atoms with E-state index in [0.717, 1.165) is 24.7 Å². The van der Waals surface area contributed by atoms with E-state index in [9.17, 15) is 13.2 Å². The highest BCUT2D eigenvalue weighted by Gasteiger charge is 2.42. The van der Waals surface area contributed by atoms with Gasteiger partial charge < -0.3 is 5.32 Å². The molecule has 25 heavy (non-hydrogen) atoms. The number of hydrogen-bond donors (Lipinski definition) is 1. The summed E-state index contributed by atoms with van der Waals surface area (Å²) in [6.45, 7) is 3.19. The maximum atomic E-state index is 12.8. The van der Waals surface area contributed by atoms with Crippen molar-refractivity contribution in [3.05, 3.63) is 16.3 Å².